The lowest BCUT2D eigenvalue weighted by Gasteiger charge is -2.26. The van der Waals surface area contributed by atoms with Crippen molar-refractivity contribution >= 4 is 5.78 Å². The molecule has 0 saturated carbocycles. The highest BCUT2D eigenvalue weighted by atomic mass is 19.4. The summed E-state index contributed by atoms with van der Waals surface area (Å²) in [6, 6.07) is 4.62. The van der Waals surface area contributed by atoms with Crippen molar-refractivity contribution in [2.24, 2.45) is 11.3 Å². The van der Waals surface area contributed by atoms with E-state index >= 15 is 0 Å². The summed E-state index contributed by atoms with van der Waals surface area (Å²) in [6.45, 7) is 7.97. The van der Waals surface area contributed by atoms with Crippen LogP contribution in [0.5, 0.6) is 0 Å². The van der Waals surface area contributed by atoms with Gasteiger partial charge in [0, 0.05) is 12.0 Å². The molecule has 0 heterocycles. The van der Waals surface area contributed by atoms with Crippen molar-refractivity contribution in [2.75, 3.05) is 0 Å². The molecule has 0 bridgehead atoms. The third-order valence-corrected chi connectivity index (χ3v) is 3.48. The molecule has 0 radical (unpaired) electrons. The maximum absolute atomic E-state index is 12.6. The lowest BCUT2D eigenvalue weighted by atomic mass is 9.78. The van der Waals surface area contributed by atoms with Crippen LogP contribution in [0.2, 0.25) is 0 Å². The lowest BCUT2D eigenvalue weighted by molar-refractivity contribution is -0.137. The summed E-state index contributed by atoms with van der Waals surface area (Å²) in [4.78, 5) is 12.0. The van der Waals surface area contributed by atoms with E-state index in [1.54, 1.807) is 0 Å². The molecular formula is C15H19F3O. The molecule has 1 rings (SSSR count). The molecule has 4 heteroatoms. The molecule has 0 spiro atoms. The van der Waals surface area contributed by atoms with E-state index < -0.39 is 11.7 Å². The van der Waals surface area contributed by atoms with Crippen LogP contribution in [0.3, 0.4) is 0 Å². The Morgan fingerprint density at radius 1 is 1.21 bits per heavy atom. The Balaban J connectivity index is 2.90. The number of benzene rings is 1. The van der Waals surface area contributed by atoms with Gasteiger partial charge in [-0.25, -0.2) is 0 Å². The fraction of sp³-hybridized carbons (Fsp3) is 0.533. The highest BCUT2D eigenvalue weighted by molar-refractivity contribution is 5.96. The van der Waals surface area contributed by atoms with Crippen LogP contribution < -0.4 is 0 Å². The normalized spacial score (nSPS) is 14.3. The van der Waals surface area contributed by atoms with E-state index in [2.05, 4.69) is 0 Å². The second-order valence-electron chi connectivity index (χ2n) is 5.97. The Morgan fingerprint density at radius 3 is 2.26 bits per heavy atom. The van der Waals surface area contributed by atoms with Gasteiger partial charge in [0.1, 0.15) is 0 Å². The van der Waals surface area contributed by atoms with E-state index in [4.69, 9.17) is 0 Å². The molecule has 0 amide bonds. The van der Waals surface area contributed by atoms with Gasteiger partial charge in [-0.1, -0.05) is 39.8 Å². The molecule has 1 atom stereocenters. The number of ketones is 1. The average molecular weight is 272 g/mol. The molecule has 0 fully saturated rings. The lowest BCUT2D eigenvalue weighted by Crippen LogP contribution is -2.20. The van der Waals surface area contributed by atoms with E-state index in [1.807, 2.05) is 27.7 Å². The Kier molecular flexibility index (Phi) is 4.43. The fourth-order valence-corrected chi connectivity index (χ4v) is 1.57. The van der Waals surface area contributed by atoms with Crippen molar-refractivity contribution < 1.29 is 18.0 Å². The van der Waals surface area contributed by atoms with Gasteiger partial charge in [0.15, 0.2) is 5.78 Å². The van der Waals surface area contributed by atoms with Crippen LogP contribution in [0.15, 0.2) is 24.3 Å². The van der Waals surface area contributed by atoms with Crippen LogP contribution in [-0.2, 0) is 6.18 Å². The number of hydrogen-bond donors (Lipinski definition) is 0. The molecule has 1 nitrogen and oxygen atoms in total. The Morgan fingerprint density at radius 2 is 1.79 bits per heavy atom. The molecule has 1 aromatic rings. The SMILES string of the molecule is CC(CC(=O)c1cccc(C(F)(F)F)c1)C(C)(C)C. The summed E-state index contributed by atoms with van der Waals surface area (Å²) in [7, 11) is 0. The first-order chi connectivity index (χ1) is 8.51. The second kappa shape index (κ2) is 5.35. The largest absolute Gasteiger partial charge is 0.416 e. The van der Waals surface area contributed by atoms with Crippen LogP contribution in [0.25, 0.3) is 0 Å². The van der Waals surface area contributed by atoms with E-state index in [1.165, 1.54) is 12.1 Å². The molecule has 1 unspecified atom stereocenters. The first kappa shape index (κ1) is 15.7. The Labute approximate surface area is 111 Å². The summed E-state index contributed by atoms with van der Waals surface area (Å²) in [5.74, 6) is -0.136. The van der Waals surface area contributed by atoms with Crippen molar-refractivity contribution in [3.05, 3.63) is 35.4 Å². The predicted molar refractivity (Wildman–Crippen MR) is 69.0 cm³/mol. The van der Waals surface area contributed by atoms with E-state index in [9.17, 15) is 18.0 Å². The molecular weight excluding hydrogens is 253 g/mol. The van der Waals surface area contributed by atoms with Crippen molar-refractivity contribution in [1.29, 1.82) is 0 Å². The van der Waals surface area contributed by atoms with Gasteiger partial charge < -0.3 is 0 Å². The molecule has 0 aromatic heterocycles. The van der Waals surface area contributed by atoms with Gasteiger partial charge in [-0.05, 0) is 23.5 Å². The van der Waals surface area contributed by atoms with Crippen molar-refractivity contribution in [2.45, 2.75) is 40.3 Å². The summed E-state index contributed by atoms with van der Waals surface area (Å²) in [6.07, 6.45) is -4.16. The Bertz CT molecular complexity index is 455. The van der Waals surface area contributed by atoms with Crippen LogP contribution >= 0.6 is 0 Å². The zero-order chi connectivity index (χ0) is 14.8. The minimum Gasteiger partial charge on any atom is -0.294 e. The minimum atomic E-state index is -4.41. The second-order valence-corrected chi connectivity index (χ2v) is 5.97. The maximum atomic E-state index is 12.6. The number of halogens is 3. The van der Waals surface area contributed by atoms with E-state index in [-0.39, 0.29) is 29.1 Å². The fourth-order valence-electron chi connectivity index (χ4n) is 1.57. The minimum absolute atomic E-state index is 0.0443. The van der Waals surface area contributed by atoms with Gasteiger partial charge in [0.2, 0.25) is 0 Å². The highest BCUT2D eigenvalue weighted by Crippen LogP contribution is 2.32. The Hall–Kier alpha value is -1.32. The zero-order valence-electron chi connectivity index (χ0n) is 11.6. The third kappa shape index (κ3) is 4.37. The van der Waals surface area contributed by atoms with Gasteiger partial charge in [-0.15, -0.1) is 0 Å². The molecule has 1 aromatic carbocycles. The van der Waals surface area contributed by atoms with Gasteiger partial charge >= 0.3 is 6.18 Å². The van der Waals surface area contributed by atoms with Crippen molar-refractivity contribution in [3.8, 4) is 0 Å². The smallest absolute Gasteiger partial charge is 0.294 e. The number of alkyl halides is 3. The molecule has 19 heavy (non-hydrogen) atoms. The number of carbonyl (C=O) groups excluding carboxylic acids is 1. The van der Waals surface area contributed by atoms with Gasteiger partial charge in [0.05, 0.1) is 5.56 Å². The van der Waals surface area contributed by atoms with Crippen LogP contribution in [-0.4, -0.2) is 5.78 Å². The van der Waals surface area contributed by atoms with Gasteiger partial charge in [-0.2, -0.15) is 13.2 Å². The van der Waals surface area contributed by atoms with E-state index in [0.717, 1.165) is 12.1 Å². The first-order valence-electron chi connectivity index (χ1n) is 6.22. The summed E-state index contributed by atoms with van der Waals surface area (Å²) >= 11 is 0. The van der Waals surface area contributed by atoms with E-state index in [0.29, 0.717) is 0 Å². The predicted octanol–water partition coefficient (Wildman–Crippen LogP) is 4.96. The summed E-state index contributed by atoms with van der Waals surface area (Å²) in [5.41, 5.74) is -0.690. The summed E-state index contributed by atoms with van der Waals surface area (Å²) < 4.78 is 37.7. The van der Waals surface area contributed by atoms with Gasteiger partial charge in [-0.3, -0.25) is 4.79 Å². The topological polar surface area (TPSA) is 17.1 Å². The van der Waals surface area contributed by atoms with Crippen molar-refractivity contribution in [1.82, 2.24) is 0 Å². The first-order valence-corrected chi connectivity index (χ1v) is 6.22. The van der Waals surface area contributed by atoms with Crippen molar-refractivity contribution in [3.63, 3.8) is 0 Å². The quantitative estimate of drug-likeness (QED) is 0.711. The molecule has 0 saturated heterocycles. The van der Waals surface area contributed by atoms with Crippen LogP contribution in [0.4, 0.5) is 13.2 Å². The molecule has 0 aliphatic carbocycles. The average Bonchev–Trinajstić information content (AvgIpc) is 2.26. The molecule has 106 valence electrons. The monoisotopic (exact) mass is 272 g/mol. The van der Waals surface area contributed by atoms with Gasteiger partial charge in [0.25, 0.3) is 0 Å². The van der Waals surface area contributed by atoms with Crippen LogP contribution in [0.1, 0.15) is 50.0 Å². The number of rotatable bonds is 3. The number of hydrogen-bond acceptors (Lipinski definition) is 1. The number of carbonyl (C=O) groups is 1. The maximum Gasteiger partial charge on any atom is 0.416 e. The third-order valence-electron chi connectivity index (χ3n) is 3.48. The molecule has 0 aliphatic rings. The molecule has 0 aliphatic heterocycles. The van der Waals surface area contributed by atoms with Crippen LogP contribution in [0, 0.1) is 11.3 Å². The standard InChI is InChI=1S/C15H19F3O/c1-10(14(2,3)4)8-13(19)11-6-5-7-12(9-11)15(16,17)18/h5-7,9-10H,8H2,1-4H3. The highest BCUT2D eigenvalue weighted by Gasteiger charge is 2.31. The summed E-state index contributed by atoms with van der Waals surface area (Å²) in [5, 5.41) is 0. The molecule has 0 N–H and O–H groups in total. The number of Topliss-reactive ketones (excluding diaryl/α,β-unsaturated/α-hetero) is 1. The zero-order valence-corrected chi connectivity index (χ0v) is 11.6.